The molecule has 0 unspecified atom stereocenters. The van der Waals surface area contributed by atoms with Crippen LogP contribution in [-0.4, -0.2) is 46.7 Å². The SMILES string of the molecule is C[C@@H]1Cc2ccccc2N1S(=O)(=O)c1cccc(C(=O)Nc2ccc(N3CCOCC3)cc2)c1. The van der Waals surface area contributed by atoms with Crippen molar-refractivity contribution in [2.24, 2.45) is 0 Å². The highest BCUT2D eigenvalue weighted by molar-refractivity contribution is 7.92. The number of benzene rings is 3. The summed E-state index contributed by atoms with van der Waals surface area (Å²) in [5.41, 5.74) is 3.73. The number of morpholine rings is 1. The number of rotatable bonds is 5. The molecule has 0 aromatic heterocycles. The summed E-state index contributed by atoms with van der Waals surface area (Å²) in [4.78, 5) is 15.3. The van der Waals surface area contributed by atoms with Gasteiger partial charge in [-0.15, -0.1) is 0 Å². The Morgan fingerprint density at radius 3 is 2.47 bits per heavy atom. The van der Waals surface area contributed by atoms with Crippen molar-refractivity contribution in [2.75, 3.05) is 40.8 Å². The number of carbonyl (C=O) groups excluding carboxylic acids is 1. The van der Waals surface area contributed by atoms with Crippen LogP contribution in [0.3, 0.4) is 0 Å². The van der Waals surface area contributed by atoms with Crippen molar-refractivity contribution < 1.29 is 17.9 Å². The molecule has 0 bridgehead atoms. The Morgan fingerprint density at radius 1 is 0.971 bits per heavy atom. The zero-order valence-corrected chi connectivity index (χ0v) is 19.8. The van der Waals surface area contributed by atoms with Crippen LogP contribution in [0.2, 0.25) is 0 Å². The van der Waals surface area contributed by atoms with E-state index in [-0.39, 0.29) is 16.8 Å². The number of nitrogens with one attached hydrogen (secondary N) is 1. The van der Waals surface area contributed by atoms with E-state index in [1.165, 1.54) is 16.4 Å². The number of hydrogen-bond acceptors (Lipinski definition) is 5. The van der Waals surface area contributed by atoms with Crippen molar-refractivity contribution in [1.29, 1.82) is 0 Å². The fourth-order valence-corrected chi connectivity index (χ4v) is 6.33. The monoisotopic (exact) mass is 477 g/mol. The molecular formula is C26H27N3O4S. The van der Waals surface area contributed by atoms with Gasteiger partial charge in [-0.1, -0.05) is 24.3 Å². The van der Waals surface area contributed by atoms with Crippen LogP contribution in [0.25, 0.3) is 0 Å². The summed E-state index contributed by atoms with van der Waals surface area (Å²) >= 11 is 0. The lowest BCUT2D eigenvalue weighted by atomic mass is 10.1. The van der Waals surface area contributed by atoms with Crippen LogP contribution >= 0.6 is 0 Å². The average Bonchev–Trinajstić information content (AvgIpc) is 3.21. The second-order valence-corrected chi connectivity index (χ2v) is 10.4. The summed E-state index contributed by atoms with van der Waals surface area (Å²) in [5.74, 6) is -0.356. The van der Waals surface area contributed by atoms with Crippen molar-refractivity contribution >= 4 is 33.0 Å². The second-order valence-electron chi connectivity index (χ2n) is 8.61. The maximum Gasteiger partial charge on any atom is 0.264 e. The average molecular weight is 478 g/mol. The summed E-state index contributed by atoms with van der Waals surface area (Å²) in [5, 5.41) is 2.87. The van der Waals surface area contributed by atoms with Crippen LogP contribution in [0.4, 0.5) is 17.1 Å². The molecule has 3 aromatic carbocycles. The van der Waals surface area contributed by atoms with E-state index in [1.54, 1.807) is 12.1 Å². The number of carbonyl (C=O) groups is 1. The van der Waals surface area contributed by atoms with Crippen LogP contribution in [0.5, 0.6) is 0 Å². The molecule has 1 fully saturated rings. The molecule has 8 heteroatoms. The van der Waals surface area contributed by atoms with Gasteiger partial charge in [0.1, 0.15) is 0 Å². The number of hydrogen-bond donors (Lipinski definition) is 1. The van der Waals surface area contributed by atoms with Gasteiger partial charge in [0.05, 0.1) is 23.8 Å². The molecule has 1 saturated heterocycles. The first-order valence-electron chi connectivity index (χ1n) is 11.4. The maximum atomic E-state index is 13.5. The van der Waals surface area contributed by atoms with Gasteiger partial charge < -0.3 is 15.0 Å². The van der Waals surface area contributed by atoms with Crippen LogP contribution < -0.4 is 14.5 Å². The molecule has 0 spiro atoms. The molecule has 34 heavy (non-hydrogen) atoms. The van der Waals surface area contributed by atoms with E-state index in [0.29, 0.717) is 36.6 Å². The van der Waals surface area contributed by atoms with Crippen LogP contribution in [0.15, 0.2) is 77.7 Å². The predicted octanol–water partition coefficient (Wildman–Crippen LogP) is 3.92. The number of nitrogens with zero attached hydrogens (tertiary/aromatic N) is 2. The van der Waals surface area contributed by atoms with Gasteiger partial charge >= 0.3 is 0 Å². The first-order valence-corrected chi connectivity index (χ1v) is 12.8. The van der Waals surface area contributed by atoms with Gasteiger partial charge in [-0.3, -0.25) is 9.10 Å². The molecule has 176 valence electrons. The Bertz CT molecular complexity index is 1300. The number of ether oxygens (including phenoxy) is 1. The van der Waals surface area contributed by atoms with Gasteiger partial charge in [0.15, 0.2) is 0 Å². The number of sulfonamides is 1. The number of para-hydroxylation sites is 1. The second kappa shape index (κ2) is 9.12. The van der Waals surface area contributed by atoms with Gasteiger partial charge in [-0.25, -0.2) is 8.42 Å². The van der Waals surface area contributed by atoms with Gasteiger partial charge in [0, 0.05) is 36.1 Å². The van der Waals surface area contributed by atoms with E-state index in [0.717, 1.165) is 24.3 Å². The summed E-state index contributed by atoms with van der Waals surface area (Å²) in [6.07, 6.45) is 0.663. The fourth-order valence-electron chi connectivity index (χ4n) is 4.60. The summed E-state index contributed by atoms with van der Waals surface area (Å²) in [6.45, 7) is 4.99. The lowest BCUT2D eigenvalue weighted by Crippen LogP contribution is -2.36. The molecule has 2 heterocycles. The molecule has 5 rings (SSSR count). The van der Waals surface area contributed by atoms with Crippen molar-refractivity contribution in [3.05, 3.63) is 83.9 Å². The fraction of sp³-hybridized carbons (Fsp3) is 0.269. The van der Waals surface area contributed by atoms with Crippen LogP contribution in [0, 0.1) is 0 Å². The molecule has 7 nitrogen and oxygen atoms in total. The van der Waals surface area contributed by atoms with Crippen molar-refractivity contribution in [3.8, 4) is 0 Å². The van der Waals surface area contributed by atoms with Gasteiger partial charge in [-0.05, 0) is 67.4 Å². The Kier molecular flexibility index (Phi) is 6.02. The minimum Gasteiger partial charge on any atom is -0.378 e. The standard InChI is InChI=1S/C26H27N3O4S/c1-19-17-20-5-2-3-8-25(20)29(19)34(31,32)24-7-4-6-21(18-24)26(30)27-22-9-11-23(12-10-22)28-13-15-33-16-14-28/h2-12,18-19H,13-17H2,1H3,(H,27,30)/t19-/m1/s1. The smallest absolute Gasteiger partial charge is 0.264 e. The molecule has 1 N–H and O–H groups in total. The van der Waals surface area contributed by atoms with E-state index in [2.05, 4.69) is 10.2 Å². The minimum absolute atomic E-state index is 0.103. The lowest BCUT2D eigenvalue weighted by Gasteiger charge is -2.28. The summed E-state index contributed by atoms with van der Waals surface area (Å²) < 4.78 is 33.9. The third kappa shape index (κ3) is 4.26. The molecule has 0 radical (unpaired) electrons. The largest absolute Gasteiger partial charge is 0.378 e. The topological polar surface area (TPSA) is 79.0 Å². The third-order valence-electron chi connectivity index (χ3n) is 6.30. The zero-order valence-electron chi connectivity index (χ0n) is 19.0. The van der Waals surface area contributed by atoms with Crippen LogP contribution in [-0.2, 0) is 21.2 Å². The molecule has 1 atom stereocenters. The predicted molar refractivity (Wildman–Crippen MR) is 133 cm³/mol. The first-order chi connectivity index (χ1) is 16.4. The molecule has 2 aliphatic rings. The van der Waals surface area contributed by atoms with Gasteiger partial charge in [-0.2, -0.15) is 0 Å². The molecule has 3 aromatic rings. The normalized spacial score (nSPS) is 18.0. The molecule has 1 amide bonds. The van der Waals surface area contributed by atoms with Gasteiger partial charge in [0.2, 0.25) is 0 Å². The lowest BCUT2D eigenvalue weighted by molar-refractivity contribution is 0.102. The summed E-state index contributed by atoms with van der Waals surface area (Å²) in [6, 6.07) is 21.2. The quantitative estimate of drug-likeness (QED) is 0.603. The summed E-state index contributed by atoms with van der Waals surface area (Å²) in [7, 11) is -3.81. The Hall–Kier alpha value is -3.36. The molecule has 2 aliphatic heterocycles. The van der Waals surface area contributed by atoms with Crippen molar-refractivity contribution in [1.82, 2.24) is 0 Å². The van der Waals surface area contributed by atoms with E-state index in [4.69, 9.17) is 4.74 Å². The zero-order chi connectivity index (χ0) is 23.7. The van der Waals surface area contributed by atoms with Crippen molar-refractivity contribution in [3.63, 3.8) is 0 Å². The first kappa shape index (κ1) is 22.4. The Labute approximate surface area is 200 Å². The molecule has 0 aliphatic carbocycles. The van der Waals surface area contributed by atoms with E-state index >= 15 is 0 Å². The highest BCUT2D eigenvalue weighted by Gasteiger charge is 2.36. The van der Waals surface area contributed by atoms with E-state index in [9.17, 15) is 13.2 Å². The molecular weight excluding hydrogens is 450 g/mol. The Balaban J connectivity index is 1.34. The highest BCUT2D eigenvalue weighted by atomic mass is 32.2. The number of fused-ring (bicyclic) bond motifs is 1. The van der Waals surface area contributed by atoms with E-state index < -0.39 is 10.0 Å². The van der Waals surface area contributed by atoms with Crippen molar-refractivity contribution in [2.45, 2.75) is 24.3 Å². The minimum atomic E-state index is -3.81. The Morgan fingerprint density at radius 2 is 1.71 bits per heavy atom. The number of amides is 1. The highest BCUT2D eigenvalue weighted by Crippen LogP contribution is 2.36. The third-order valence-corrected chi connectivity index (χ3v) is 8.22. The van der Waals surface area contributed by atoms with Gasteiger partial charge in [0.25, 0.3) is 15.9 Å². The maximum absolute atomic E-state index is 13.5. The van der Waals surface area contributed by atoms with Crippen LogP contribution in [0.1, 0.15) is 22.8 Å². The molecule has 0 saturated carbocycles. The van der Waals surface area contributed by atoms with E-state index in [1.807, 2.05) is 55.5 Å². The number of anilines is 3.